The number of aromatic nitrogens is 1. The van der Waals surface area contributed by atoms with Crippen LogP contribution in [0.5, 0.6) is 0 Å². The van der Waals surface area contributed by atoms with Crippen LogP contribution in [0.3, 0.4) is 0 Å². The van der Waals surface area contributed by atoms with Gasteiger partial charge in [-0.2, -0.15) is 0 Å². The number of rotatable bonds is 5. The van der Waals surface area contributed by atoms with Gasteiger partial charge in [0.25, 0.3) is 0 Å². The third kappa shape index (κ3) is 5.71. The van der Waals surface area contributed by atoms with Gasteiger partial charge in [0, 0.05) is 12.6 Å². The van der Waals surface area contributed by atoms with Gasteiger partial charge in [-0.3, -0.25) is 9.59 Å². The van der Waals surface area contributed by atoms with E-state index in [1.807, 2.05) is 13.8 Å². The van der Waals surface area contributed by atoms with E-state index in [9.17, 15) is 14.4 Å². The van der Waals surface area contributed by atoms with E-state index in [0.717, 1.165) is 0 Å². The smallest absolute Gasteiger partial charge is 0.408 e. The van der Waals surface area contributed by atoms with Crippen LogP contribution in [-0.2, 0) is 14.3 Å². The summed E-state index contributed by atoms with van der Waals surface area (Å²) >= 11 is 0. The Labute approximate surface area is 165 Å². The summed E-state index contributed by atoms with van der Waals surface area (Å²) in [6, 6.07) is 0.212. The predicted molar refractivity (Wildman–Crippen MR) is 103 cm³/mol. The number of hydrogen-bond acceptors (Lipinski definition) is 6. The van der Waals surface area contributed by atoms with Crippen molar-refractivity contribution in [1.82, 2.24) is 15.4 Å². The molecule has 0 spiro atoms. The van der Waals surface area contributed by atoms with Crippen molar-refractivity contribution in [3.05, 3.63) is 11.8 Å². The molecule has 2 atom stereocenters. The molecule has 0 bridgehead atoms. The number of hydrogen-bond donors (Lipinski definition) is 2. The second-order valence-electron chi connectivity index (χ2n) is 8.37. The minimum atomic E-state index is -0.780. The average Bonchev–Trinajstić information content (AvgIpc) is 3.19. The lowest BCUT2D eigenvalue weighted by molar-refractivity contribution is -0.139. The van der Waals surface area contributed by atoms with Gasteiger partial charge >= 0.3 is 6.09 Å². The van der Waals surface area contributed by atoms with Crippen LogP contribution in [0.25, 0.3) is 0 Å². The molecule has 2 N–H and O–H groups in total. The molecule has 2 heterocycles. The fourth-order valence-corrected chi connectivity index (χ4v) is 3.06. The molecule has 0 radical (unpaired) electrons. The Morgan fingerprint density at radius 1 is 1.32 bits per heavy atom. The quantitative estimate of drug-likeness (QED) is 0.793. The molecule has 1 aliphatic rings. The van der Waals surface area contributed by atoms with Crippen LogP contribution in [0.1, 0.15) is 53.2 Å². The maximum atomic E-state index is 13.1. The molecule has 9 nitrogen and oxygen atoms in total. The van der Waals surface area contributed by atoms with Gasteiger partial charge in [0.2, 0.25) is 11.8 Å². The summed E-state index contributed by atoms with van der Waals surface area (Å²) in [4.78, 5) is 39.4. The summed E-state index contributed by atoms with van der Waals surface area (Å²) in [5, 5.41) is 9.08. The number of ether oxygens (including phenoxy) is 1. The topological polar surface area (TPSA) is 114 Å². The molecular formula is C19H30N4O5. The molecule has 0 saturated carbocycles. The lowest BCUT2D eigenvalue weighted by atomic mass is 10.0. The van der Waals surface area contributed by atoms with Crippen LogP contribution in [0.15, 0.2) is 10.6 Å². The van der Waals surface area contributed by atoms with Gasteiger partial charge in [-0.1, -0.05) is 19.0 Å². The standard InChI is InChI=1S/C19H30N4O5/c1-11(2)15(21-18(26)27-19(4,5)6)17(25)23-9-7-8-13(23)16(24)20-14-10-12(3)28-22-14/h10-11,13,15H,7-9H2,1-6H3,(H,21,26)(H,20,22,24). The highest BCUT2D eigenvalue weighted by molar-refractivity contribution is 5.98. The number of alkyl carbamates (subject to hydrolysis) is 1. The van der Waals surface area contributed by atoms with E-state index < -0.39 is 23.8 Å². The first-order valence-corrected chi connectivity index (χ1v) is 9.52. The number of likely N-dealkylation sites (tertiary alicyclic amines) is 1. The Morgan fingerprint density at radius 3 is 2.54 bits per heavy atom. The Hall–Kier alpha value is -2.58. The summed E-state index contributed by atoms with van der Waals surface area (Å²) in [5.74, 6) is 0.112. The Morgan fingerprint density at radius 2 is 2.00 bits per heavy atom. The van der Waals surface area contributed by atoms with E-state index in [0.29, 0.717) is 31.0 Å². The zero-order valence-electron chi connectivity index (χ0n) is 17.4. The number of carbonyl (C=O) groups excluding carboxylic acids is 3. The van der Waals surface area contributed by atoms with Crippen molar-refractivity contribution >= 4 is 23.7 Å². The largest absolute Gasteiger partial charge is 0.444 e. The number of carbonyl (C=O) groups is 3. The number of aryl methyl sites for hydroxylation is 1. The van der Waals surface area contributed by atoms with Gasteiger partial charge in [0.1, 0.15) is 23.4 Å². The Balaban J connectivity index is 2.07. The molecule has 28 heavy (non-hydrogen) atoms. The fraction of sp³-hybridized carbons (Fsp3) is 0.684. The minimum absolute atomic E-state index is 0.164. The maximum absolute atomic E-state index is 13.1. The summed E-state index contributed by atoms with van der Waals surface area (Å²) in [6.45, 7) is 11.1. The lowest BCUT2D eigenvalue weighted by Crippen LogP contribution is -2.55. The Bertz CT molecular complexity index is 722. The molecule has 156 valence electrons. The summed E-state index contributed by atoms with van der Waals surface area (Å²) < 4.78 is 10.2. The van der Waals surface area contributed by atoms with Crippen molar-refractivity contribution < 1.29 is 23.6 Å². The van der Waals surface area contributed by atoms with Crippen molar-refractivity contribution in [3.63, 3.8) is 0 Å². The van der Waals surface area contributed by atoms with Crippen molar-refractivity contribution in [3.8, 4) is 0 Å². The van der Waals surface area contributed by atoms with E-state index in [2.05, 4.69) is 15.8 Å². The highest BCUT2D eigenvalue weighted by Crippen LogP contribution is 2.22. The fourth-order valence-electron chi connectivity index (χ4n) is 3.06. The average molecular weight is 394 g/mol. The first kappa shape index (κ1) is 21.7. The minimum Gasteiger partial charge on any atom is -0.444 e. The highest BCUT2D eigenvalue weighted by Gasteiger charge is 2.39. The van der Waals surface area contributed by atoms with Crippen LogP contribution in [-0.4, -0.2) is 52.2 Å². The molecule has 1 aliphatic heterocycles. The van der Waals surface area contributed by atoms with Crippen molar-refractivity contribution in [2.45, 2.75) is 72.1 Å². The lowest BCUT2D eigenvalue weighted by Gasteiger charge is -2.31. The van der Waals surface area contributed by atoms with Crippen molar-refractivity contribution in [2.75, 3.05) is 11.9 Å². The van der Waals surface area contributed by atoms with Gasteiger partial charge in [-0.05, 0) is 46.5 Å². The van der Waals surface area contributed by atoms with Gasteiger partial charge in [-0.25, -0.2) is 4.79 Å². The molecular weight excluding hydrogens is 364 g/mol. The van der Waals surface area contributed by atoms with Crippen LogP contribution in [0, 0.1) is 12.8 Å². The molecule has 1 aromatic rings. The van der Waals surface area contributed by atoms with Crippen LogP contribution < -0.4 is 10.6 Å². The van der Waals surface area contributed by atoms with Gasteiger partial charge < -0.3 is 24.8 Å². The van der Waals surface area contributed by atoms with E-state index in [-0.39, 0.29) is 17.7 Å². The summed E-state index contributed by atoms with van der Waals surface area (Å²) in [6.07, 6.45) is 0.600. The third-order valence-corrected chi connectivity index (χ3v) is 4.32. The molecule has 1 aromatic heterocycles. The van der Waals surface area contributed by atoms with Crippen LogP contribution >= 0.6 is 0 Å². The number of amides is 3. The number of anilines is 1. The van der Waals surface area contributed by atoms with Gasteiger partial charge in [0.15, 0.2) is 5.82 Å². The predicted octanol–water partition coefficient (Wildman–Crippen LogP) is 2.46. The van der Waals surface area contributed by atoms with Crippen LogP contribution in [0.2, 0.25) is 0 Å². The molecule has 0 aromatic carbocycles. The van der Waals surface area contributed by atoms with E-state index >= 15 is 0 Å². The molecule has 1 saturated heterocycles. The number of nitrogens with one attached hydrogen (secondary N) is 2. The zero-order valence-corrected chi connectivity index (χ0v) is 17.4. The molecule has 2 unspecified atom stereocenters. The SMILES string of the molecule is Cc1cc(NC(=O)C2CCCN2C(=O)C(NC(=O)OC(C)(C)C)C(C)C)no1. The van der Waals surface area contributed by atoms with Gasteiger partial charge in [0.05, 0.1) is 0 Å². The van der Waals surface area contributed by atoms with E-state index in [1.54, 1.807) is 33.8 Å². The van der Waals surface area contributed by atoms with E-state index in [1.165, 1.54) is 4.90 Å². The normalized spacial score (nSPS) is 18.1. The highest BCUT2D eigenvalue weighted by atomic mass is 16.6. The Kier molecular flexibility index (Phi) is 6.69. The number of nitrogens with zero attached hydrogens (tertiary/aromatic N) is 2. The van der Waals surface area contributed by atoms with Gasteiger partial charge in [-0.15, -0.1) is 0 Å². The first-order valence-electron chi connectivity index (χ1n) is 9.52. The summed E-state index contributed by atoms with van der Waals surface area (Å²) in [7, 11) is 0. The molecule has 1 fully saturated rings. The van der Waals surface area contributed by atoms with Crippen molar-refractivity contribution in [1.29, 1.82) is 0 Å². The second kappa shape index (κ2) is 8.62. The second-order valence-corrected chi connectivity index (χ2v) is 8.37. The molecule has 2 rings (SSSR count). The monoisotopic (exact) mass is 394 g/mol. The van der Waals surface area contributed by atoms with Crippen molar-refractivity contribution in [2.24, 2.45) is 5.92 Å². The molecule has 3 amide bonds. The van der Waals surface area contributed by atoms with E-state index in [4.69, 9.17) is 9.26 Å². The third-order valence-electron chi connectivity index (χ3n) is 4.32. The zero-order chi connectivity index (χ0) is 21.1. The maximum Gasteiger partial charge on any atom is 0.408 e. The molecule has 0 aliphatic carbocycles. The van der Waals surface area contributed by atoms with Crippen LogP contribution in [0.4, 0.5) is 10.6 Å². The summed E-state index contributed by atoms with van der Waals surface area (Å²) in [5.41, 5.74) is -0.666. The first-order chi connectivity index (χ1) is 13.0. The molecule has 9 heteroatoms.